The molecule has 2 N–H and O–H groups in total. The fraction of sp³-hybridized carbons (Fsp3) is 0.130. The molecule has 0 atom stereocenters. The Morgan fingerprint density at radius 2 is 1.18 bits per heavy atom. The van der Waals surface area contributed by atoms with Crippen molar-refractivity contribution in [3.05, 3.63) is 69.6 Å². The molecular weight excluding hydrogens is 594 g/mol. The van der Waals surface area contributed by atoms with E-state index in [0.29, 0.717) is 21.5 Å². The molecule has 0 saturated heterocycles. The second-order valence-electron chi connectivity index (χ2n) is 7.86. The number of sulfonamides is 1. The number of benzene rings is 4. The molecule has 0 unspecified atom stereocenters. The summed E-state index contributed by atoms with van der Waals surface area (Å²) < 4.78 is 65.8. The minimum atomic E-state index is -4.68. The molecule has 0 saturated carbocycles. The Bertz CT molecular complexity index is 1630. The second-order valence-corrected chi connectivity index (χ2v) is 12.8. The molecule has 0 bridgehead atoms. The summed E-state index contributed by atoms with van der Waals surface area (Å²) in [5.74, 6) is 0. The van der Waals surface area contributed by atoms with Crippen LogP contribution in [0.4, 0.5) is 0 Å². The van der Waals surface area contributed by atoms with Crippen LogP contribution in [0.15, 0.2) is 79.4 Å². The van der Waals surface area contributed by atoms with E-state index >= 15 is 0 Å². The summed E-state index contributed by atoms with van der Waals surface area (Å²) in [7, 11) is -8.71. The average Bonchev–Trinajstić information content (AvgIpc) is 2.70. The van der Waals surface area contributed by atoms with E-state index in [0.717, 1.165) is 8.95 Å². The molecule has 4 aromatic carbocycles. The first-order valence-electron chi connectivity index (χ1n) is 9.83. The Hall–Kier alpha value is -1.82. The van der Waals surface area contributed by atoms with Crippen LogP contribution in [-0.2, 0) is 20.1 Å². The van der Waals surface area contributed by atoms with Crippen LogP contribution in [0.5, 0.6) is 0 Å². The Balaban J connectivity index is 2.28. The molecule has 4 aromatic rings. The summed E-state index contributed by atoms with van der Waals surface area (Å²) in [5.41, 5.74) is 0.327. The van der Waals surface area contributed by atoms with Crippen LogP contribution in [-0.4, -0.2) is 27.4 Å². The third kappa shape index (κ3) is 4.73. The lowest BCUT2D eigenvalue weighted by molar-refractivity contribution is 0.483. The average molecular weight is 613 g/mol. The highest BCUT2D eigenvalue weighted by Gasteiger charge is 2.28. The molecule has 0 spiro atoms. The molecule has 0 aromatic heterocycles. The number of hydrogen-bond acceptors (Lipinski definition) is 4. The highest BCUT2D eigenvalue weighted by molar-refractivity contribution is 9.10. The first-order valence-corrected chi connectivity index (χ1v) is 14.3. The highest BCUT2D eigenvalue weighted by atomic mass is 79.9. The normalized spacial score (nSPS) is 12.7. The van der Waals surface area contributed by atoms with Gasteiger partial charge in [-0.15, -0.1) is 0 Å². The third-order valence-electron chi connectivity index (χ3n) is 5.10. The highest BCUT2D eigenvalue weighted by Crippen LogP contribution is 2.43. The van der Waals surface area contributed by atoms with Crippen molar-refractivity contribution in [2.75, 3.05) is 0 Å². The van der Waals surface area contributed by atoms with Crippen LogP contribution in [0.3, 0.4) is 0 Å². The molecule has 10 heteroatoms. The zero-order chi connectivity index (χ0) is 24.1. The van der Waals surface area contributed by atoms with Gasteiger partial charge in [0, 0.05) is 26.1 Å². The van der Waals surface area contributed by atoms with Gasteiger partial charge in [-0.3, -0.25) is 4.55 Å². The number of nitrogens with one attached hydrogen (secondary N) is 1. The molecule has 0 aliphatic carbocycles. The first-order chi connectivity index (χ1) is 15.4. The van der Waals surface area contributed by atoms with Gasteiger partial charge >= 0.3 is 0 Å². The summed E-state index contributed by atoms with van der Waals surface area (Å²) >= 11 is 6.84. The lowest BCUT2D eigenvalue weighted by Crippen LogP contribution is -2.30. The maximum Gasteiger partial charge on any atom is 0.295 e. The quantitative estimate of drug-likeness (QED) is 0.265. The van der Waals surface area contributed by atoms with Gasteiger partial charge in [-0.2, -0.15) is 8.42 Å². The number of halogens is 2. The topological polar surface area (TPSA) is 101 Å². The fourth-order valence-electron chi connectivity index (χ4n) is 3.89. The van der Waals surface area contributed by atoms with Crippen LogP contribution in [0.2, 0.25) is 0 Å². The molecule has 33 heavy (non-hydrogen) atoms. The molecule has 0 heterocycles. The molecular formula is C23H19Br2NO5S2. The molecule has 4 rings (SSSR count). The Labute approximate surface area is 209 Å². The van der Waals surface area contributed by atoms with E-state index in [1.54, 1.807) is 56.3 Å². The van der Waals surface area contributed by atoms with E-state index in [1.807, 2.05) is 6.07 Å². The summed E-state index contributed by atoms with van der Waals surface area (Å²) in [5, 5.41) is 2.41. The smallest absolute Gasteiger partial charge is 0.282 e. The van der Waals surface area contributed by atoms with Gasteiger partial charge in [0.1, 0.15) is 4.90 Å². The van der Waals surface area contributed by atoms with Crippen LogP contribution < -0.4 is 4.72 Å². The predicted molar refractivity (Wildman–Crippen MR) is 138 cm³/mol. The molecule has 172 valence electrons. The Morgan fingerprint density at radius 3 is 1.64 bits per heavy atom. The molecule has 0 aliphatic heterocycles. The molecule has 0 radical (unpaired) electrons. The van der Waals surface area contributed by atoms with Gasteiger partial charge in [0.25, 0.3) is 10.1 Å². The molecule has 0 aliphatic rings. The monoisotopic (exact) mass is 611 g/mol. The standard InChI is InChI=1S/C23H19Br2NO5S2/c1-13(2)26-32(27,28)20-9-3-14-11-16(24)5-7-18(14)22(20)23-19-8-6-17(25)12-15(19)4-10-21(23)33(29,30)31/h3-13,26H,1-2H3,(H,29,30,31). The Morgan fingerprint density at radius 1 is 0.727 bits per heavy atom. The van der Waals surface area contributed by atoms with Gasteiger partial charge in [0.15, 0.2) is 0 Å². The second kappa shape index (κ2) is 8.75. The SMILES string of the molecule is CC(C)NS(=O)(=O)c1ccc2cc(Br)ccc2c1-c1c(S(=O)(=O)O)ccc2cc(Br)ccc12. The largest absolute Gasteiger partial charge is 0.295 e. The van der Waals surface area contributed by atoms with E-state index in [9.17, 15) is 21.4 Å². The minimum absolute atomic E-state index is 0.0775. The maximum atomic E-state index is 13.4. The van der Waals surface area contributed by atoms with Crippen molar-refractivity contribution in [3.63, 3.8) is 0 Å². The zero-order valence-electron chi connectivity index (χ0n) is 17.5. The van der Waals surface area contributed by atoms with Crippen molar-refractivity contribution in [3.8, 4) is 11.1 Å². The summed E-state index contributed by atoms with van der Waals surface area (Å²) in [4.78, 5) is -0.444. The minimum Gasteiger partial charge on any atom is -0.282 e. The molecule has 0 amide bonds. The van der Waals surface area contributed by atoms with Crippen LogP contribution in [0.25, 0.3) is 32.7 Å². The molecule has 6 nitrogen and oxygen atoms in total. The number of rotatable bonds is 5. The number of fused-ring (bicyclic) bond motifs is 2. The van der Waals surface area contributed by atoms with Crippen molar-refractivity contribution in [1.82, 2.24) is 4.72 Å². The lowest BCUT2D eigenvalue weighted by atomic mass is 9.94. The van der Waals surface area contributed by atoms with Crippen LogP contribution in [0, 0.1) is 0 Å². The molecule has 0 fully saturated rings. The van der Waals surface area contributed by atoms with Gasteiger partial charge in [-0.05, 0) is 71.8 Å². The first kappa shape index (κ1) is 24.3. The van der Waals surface area contributed by atoms with Gasteiger partial charge in [0.05, 0.1) is 4.90 Å². The maximum absolute atomic E-state index is 13.4. The van der Waals surface area contributed by atoms with Gasteiger partial charge in [0.2, 0.25) is 10.0 Å². The predicted octanol–water partition coefficient (Wildman–Crippen LogP) is 6.12. The van der Waals surface area contributed by atoms with E-state index in [4.69, 9.17) is 0 Å². The zero-order valence-corrected chi connectivity index (χ0v) is 22.3. The van der Waals surface area contributed by atoms with Crippen molar-refractivity contribution in [2.24, 2.45) is 0 Å². The third-order valence-corrected chi connectivity index (χ3v) is 8.68. The van der Waals surface area contributed by atoms with Gasteiger partial charge < -0.3 is 0 Å². The van der Waals surface area contributed by atoms with Crippen molar-refractivity contribution < 1.29 is 21.4 Å². The van der Waals surface area contributed by atoms with Crippen molar-refractivity contribution >= 4 is 73.5 Å². The van der Waals surface area contributed by atoms with Crippen LogP contribution in [0.1, 0.15) is 13.8 Å². The summed E-state index contributed by atoms with van der Waals surface area (Å²) in [6.45, 7) is 3.41. The summed E-state index contributed by atoms with van der Waals surface area (Å²) in [6.07, 6.45) is 0. The van der Waals surface area contributed by atoms with E-state index in [-0.39, 0.29) is 27.0 Å². The summed E-state index contributed by atoms with van der Waals surface area (Å²) in [6, 6.07) is 16.2. The Kier molecular flexibility index (Phi) is 6.45. The fourth-order valence-corrected chi connectivity index (χ4v) is 6.83. The van der Waals surface area contributed by atoms with E-state index in [1.165, 1.54) is 12.1 Å². The lowest BCUT2D eigenvalue weighted by Gasteiger charge is -2.19. The van der Waals surface area contributed by atoms with Crippen molar-refractivity contribution in [1.29, 1.82) is 0 Å². The van der Waals surface area contributed by atoms with Gasteiger partial charge in [-0.25, -0.2) is 13.1 Å². The van der Waals surface area contributed by atoms with Crippen LogP contribution >= 0.6 is 31.9 Å². The number of hydrogen-bond donors (Lipinski definition) is 2. The van der Waals surface area contributed by atoms with Crippen molar-refractivity contribution in [2.45, 2.75) is 29.7 Å². The van der Waals surface area contributed by atoms with E-state index in [2.05, 4.69) is 36.6 Å². The van der Waals surface area contributed by atoms with Gasteiger partial charge in [-0.1, -0.05) is 56.1 Å². The van der Waals surface area contributed by atoms with E-state index < -0.39 is 20.1 Å².